The number of hydrogen-bond donors (Lipinski definition) is 4. The van der Waals surface area contributed by atoms with Crippen LogP contribution >= 0.6 is 0 Å². The molecule has 1 aliphatic rings. The molecule has 0 saturated heterocycles. The first-order chi connectivity index (χ1) is 10.9. The van der Waals surface area contributed by atoms with Crippen molar-refractivity contribution in [2.45, 2.75) is 50.7 Å². The predicted molar refractivity (Wildman–Crippen MR) is 81.5 cm³/mol. The normalized spacial score (nSPS) is 22.1. The van der Waals surface area contributed by atoms with Crippen LogP contribution in [0.15, 0.2) is 18.2 Å². The Kier molecular flexibility index (Phi) is 5.31. The van der Waals surface area contributed by atoms with Gasteiger partial charge in [0.05, 0.1) is 0 Å². The van der Waals surface area contributed by atoms with Crippen LogP contribution in [0.5, 0.6) is 11.5 Å². The third-order valence-electron chi connectivity index (χ3n) is 4.11. The number of hydrogen-bond acceptors (Lipinski definition) is 5. The fourth-order valence-electron chi connectivity index (χ4n) is 2.79. The first-order valence-corrected chi connectivity index (χ1v) is 7.58. The Morgan fingerprint density at radius 1 is 1.22 bits per heavy atom. The lowest BCUT2D eigenvalue weighted by Crippen LogP contribution is -2.40. The molecule has 2 rings (SSSR count). The van der Waals surface area contributed by atoms with E-state index < -0.39 is 18.1 Å². The minimum atomic E-state index is -1.12. The van der Waals surface area contributed by atoms with E-state index in [-0.39, 0.29) is 23.5 Å². The van der Waals surface area contributed by atoms with Crippen LogP contribution in [0.25, 0.3) is 0 Å². The summed E-state index contributed by atoms with van der Waals surface area (Å²) in [4.78, 5) is 22.3. The van der Waals surface area contributed by atoms with Crippen LogP contribution in [0.2, 0.25) is 0 Å². The molecular formula is C16H21NO6. The van der Waals surface area contributed by atoms with Gasteiger partial charge in [-0.3, -0.25) is 4.79 Å². The predicted octanol–water partition coefficient (Wildman–Crippen LogP) is 2.32. The quantitative estimate of drug-likeness (QED) is 0.676. The molecule has 0 spiro atoms. The average Bonchev–Trinajstić information content (AvgIpc) is 2.48. The molecule has 0 heterocycles. The van der Waals surface area contributed by atoms with Crippen LogP contribution in [0.1, 0.15) is 44.1 Å². The van der Waals surface area contributed by atoms with Gasteiger partial charge in [-0.1, -0.05) is 6.07 Å². The maximum absolute atomic E-state index is 11.6. The molecule has 1 aromatic rings. The Balaban J connectivity index is 1.84. The minimum Gasteiger partial charge on any atom is -0.508 e. The number of carboxylic acids is 1. The highest BCUT2D eigenvalue weighted by atomic mass is 16.6. The zero-order valence-electron chi connectivity index (χ0n) is 12.9. The van der Waals surface area contributed by atoms with E-state index >= 15 is 0 Å². The second-order valence-electron chi connectivity index (χ2n) is 5.83. The van der Waals surface area contributed by atoms with E-state index in [0.29, 0.717) is 12.8 Å². The molecule has 7 heteroatoms. The third-order valence-corrected chi connectivity index (χ3v) is 4.11. The molecule has 126 valence electrons. The Morgan fingerprint density at radius 3 is 2.43 bits per heavy atom. The summed E-state index contributed by atoms with van der Waals surface area (Å²) in [6, 6.07) is 3.57. The summed E-state index contributed by atoms with van der Waals surface area (Å²) in [5.74, 6) is -0.875. The standard InChI is InChI=1S/C16H21NO6/c1-9(15(20)21)17-16(22)23-12-5-2-10(3-6-12)13-7-4-11(18)8-14(13)19/h4,7-10,12,18-19H,2-3,5-6H2,1H3,(H,17,22)(H,20,21)/t9?,10-,12-. The monoisotopic (exact) mass is 323 g/mol. The van der Waals surface area contributed by atoms with Crippen molar-refractivity contribution in [3.8, 4) is 11.5 Å². The fraction of sp³-hybridized carbons (Fsp3) is 0.500. The SMILES string of the molecule is CC(NC(=O)O[C@H]1CC[C@H](c2ccc(O)cc2O)CC1)C(=O)O. The number of aromatic hydroxyl groups is 2. The molecule has 1 aliphatic carbocycles. The maximum atomic E-state index is 11.6. The van der Waals surface area contributed by atoms with Gasteiger partial charge in [-0.15, -0.1) is 0 Å². The summed E-state index contributed by atoms with van der Waals surface area (Å²) in [5.41, 5.74) is 0.783. The lowest BCUT2D eigenvalue weighted by molar-refractivity contribution is -0.138. The molecule has 1 fully saturated rings. The summed E-state index contributed by atoms with van der Waals surface area (Å²) >= 11 is 0. The van der Waals surface area contributed by atoms with Crippen LogP contribution < -0.4 is 5.32 Å². The van der Waals surface area contributed by atoms with Crippen molar-refractivity contribution in [1.82, 2.24) is 5.32 Å². The van der Waals surface area contributed by atoms with Crippen molar-refractivity contribution in [3.05, 3.63) is 23.8 Å². The third kappa shape index (κ3) is 4.51. The number of ether oxygens (including phenoxy) is 1. The van der Waals surface area contributed by atoms with Crippen molar-refractivity contribution in [2.75, 3.05) is 0 Å². The van der Waals surface area contributed by atoms with Crippen LogP contribution in [-0.2, 0) is 9.53 Å². The number of rotatable bonds is 4. The van der Waals surface area contributed by atoms with Gasteiger partial charge >= 0.3 is 12.1 Å². The topological polar surface area (TPSA) is 116 Å². The Bertz CT molecular complexity index is 580. The van der Waals surface area contributed by atoms with Gasteiger partial charge in [0.1, 0.15) is 23.6 Å². The number of carbonyl (C=O) groups excluding carboxylic acids is 1. The number of phenolic OH excluding ortho intramolecular Hbond substituents is 2. The van der Waals surface area contributed by atoms with Crippen molar-refractivity contribution >= 4 is 12.1 Å². The second kappa shape index (κ2) is 7.21. The number of carboxylic acid groups (broad SMARTS) is 1. The van der Waals surface area contributed by atoms with Gasteiger partial charge in [-0.05, 0) is 50.2 Å². The number of phenols is 2. The molecule has 1 unspecified atom stereocenters. The van der Waals surface area contributed by atoms with E-state index in [2.05, 4.69) is 5.32 Å². The van der Waals surface area contributed by atoms with Crippen LogP contribution in [0.4, 0.5) is 4.79 Å². The summed E-state index contributed by atoms with van der Waals surface area (Å²) in [6.07, 6.45) is 1.78. The molecule has 0 aliphatic heterocycles. The Labute approximate surface area is 133 Å². The molecule has 1 atom stereocenters. The van der Waals surface area contributed by atoms with Gasteiger partial charge in [-0.2, -0.15) is 0 Å². The highest BCUT2D eigenvalue weighted by Gasteiger charge is 2.27. The number of amides is 1. The minimum absolute atomic E-state index is 0.0208. The van der Waals surface area contributed by atoms with Gasteiger partial charge in [0, 0.05) is 6.07 Å². The number of aliphatic carboxylic acids is 1. The van der Waals surface area contributed by atoms with E-state index in [9.17, 15) is 19.8 Å². The van der Waals surface area contributed by atoms with Crippen molar-refractivity contribution < 1.29 is 29.6 Å². The largest absolute Gasteiger partial charge is 0.508 e. The van der Waals surface area contributed by atoms with E-state index in [1.807, 2.05) is 0 Å². The lowest BCUT2D eigenvalue weighted by atomic mass is 9.82. The number of alkyl carbamates (subject to hydrolysis) is 1. The van der Waals surface area contributed by atoms with Gasteiger partial charge in [-0.25, -0.2) is 4.79 Å². The molecule has 1 aromatic carbocycles. The molecule has 23 heavy (non-hydrogen) atoms. The second-order valence-corrected chi connectivity index (χ2v) is 5.83. The number of nitrogens with one attached hydrogen (secondary N) is 1. The highest BCUT2D eigenvalue weighted by Crippen LogP contribution is 2.39. The Morgan fingerprint density at radius 2 is 1.87 bits per heavy atom. The summed E-state index contributed by atoms with van der Waals surface area (Å²) < 4.78 is 5.23. The first kappa shape index (κ1) is 16.9. The van der Waals surface area contributed by atoms with Gasteiger partial charge in [0.2, 0.25) is 0 Å². The zero-order chi connectivity index (χ0) is 17.0. The summed E-state index contributed by atoms with van der Waals surface area (Å²) in [7, 11) is 0. The van der Waals surface area contributed by atoms with Gasteiger partial charge in [0.25, 0.3) is 0 Å². The number of carbonyl (C=O) groups is 2. The highest BCUT2D eigenvalue weighted by molar-refractivity contribution is 5.79. The summed E-state index contributed by atoms with van der Waals surface area (Å²) in [6.45, 7) is 1.37. The molecule has 0 radical (unpaired) electrons. The molecule has 1 saturated carbocycles. The smallest absolute Gasteiger partial charge is 0.408 e. The van der Waals surface area contributed by atoms with Crippen LogP contribution in [0, 0.1) is 0 Å². The van der Waals surface area contributed by atoms with Crippen molar-refractivity contribution in [2.24, 2.45) is 0 Å². The Hall–Kier alpha value is -2.44. The molecule has 0 bridgehead atoms. The van der Waals surface area contributed by atoms with Crippen molar-refractivity contribution in [3.63, 3.8) is 0 Å². The molecule has 1 amide bonds. The van der Waals surface area contributed by atoms with Gasteiger partial charge in [0.15, 0.2) is 0 Å². The van der Waals surface area contributed by atoms with Crippen LogP contribution in [-0.4, -0.2) is 39.5 Å². The summed E-state index contributed by atoms with van der Waals surface area (Å²) in [5, 5.41) is 30.2. The van der Waals surface area contributed by atoms with E-state index in [0.717, 1.165) is 18.4 Å². The first-order valence-electron chi connectivity index (χ1n) is 7.58. The average molecular weight is 323 g/mol. The van der Waals surface area contributed by atoms with E-state index in [4.69, 9.17) is 9.84 Å². The van der Waals surface area contributed by atoms with E-state index in [1.54, 1.807) is 12.1 Å². The number of benzene rings is 1. The molecular weight excluding hydrogens is 302 g/mol. The van der Waals surface area contributed by atoms with Crippen molar-refractivity contribution in [1.29, 1.82) is 0 Å². The molecule has 0 aromatic heterocycles. The van der Waals surface area contributed by atoms with E-state index in [1.165, 1.54) is 13.0 Å². The van der Waals surface area contributed by atoms with Gasteiger partial charge < -0.3 is 25.4 Å². The lowest BCUT2D eigenvalue weighted by Gasteiger charge is -2.29. The zero-order valence-corrected chi connectivity index (χ0v) is 12.9. The molecule has 4 N–H and O–H groups in total. The fourth-order valence-corrected chi connectivity index (χ4v) is 2.79. The molecule has 7 nitrogen and oxygen atoms in total. The van der Waals surface area contributed by atoms with Crippen LogP contribution in [0.3, 0.4) is 0 Å². The maximum Gasteiger partial charge on any atom is 0.408 e.